The fourth-order valence-electron chi connectivity index (χ4n) is 2.62. The molecule has 6 heteroatoms. The largest absolute Gasteiger partial charge is 0.490 e. The van der Waals surface area contributed by atoms with Crippen molar-refractivity contribution < 1.29 is 19.2 Å². The second-order valence-corrected chi connectivity index (χ2v) is 6.93. The zero-order chi connectivity index (χ0) is 18.9. The molecule has 1 unspecified atom stereocenters. The summed E-state index contributed by atoms with van der Waals surface area (Å²) >= 11 is 3.43. The molecule has 26 heavy (non-hydrogen) atoms. The molecule has 0 bridgehead atoms. The third-order valence-electron chi connectivity index (χ3n) is 3.71. The van der Waals surface area contributed by atoms with E-state index in [1.165, 1.54) is 5.56 Å². The number of benzene rings is 2. The van der Waals surface area contributed by atoms with Crippen molar-refractivity contribution in [3.8, 4) is 11.5 Å². The Morgan fingerprint density at radius 2 is 1.69 bits per heavy atom. The lowest BCUT2D eigenvalue weighted by Crippen LogP contribution is -3.08. The molecule has 0 aliphatic carbocycles. The number of hydrogen-bond donors (Lipinski definition) is 2. The minimum Gasteiger partial charge on any atom is -0.490 e. The zero-order valence-electron chi connectivity index (χ0n) is 15.5. The standard InChI is InChI=1S/C20H25BrN2O3/c1-4-25-18-11-10-17(12-19(18)26-5-2)22-20(24)14-23(3)13-15-6-8-16(21)9-7-15/h6-12H,4-5,13-14H2,1-3H3,(H,22,24)/p+1. The summed E-state index contributed by atoms with van der Waals surface area (Å²) in [6, 6.07) is 13.6. The molecular formula is C20H26BrN2O3+. The van der Waals surface area contributed by atoms with Crippen molar-refractivity contribution in [1.29, 1.82) is 0 Å². The van der Waals surface area contributed by atoms with Crippen molar-refractivity contribution in [1.82, 2.24) is 0 Å². The number of carbonyl (C=O) groups is 1. The van der Waals surface area contributed by atoms with Crippen LogP contribution in [0.3, 0.4) is 0 Å². The van der Waals surface area contributed by atoms with Crippen LogP contribution in [-0.4, -0.2) is 32.7 Å². The van der Waals surface area contributed by atoms with Crippen LogP contribution in [0.15, 0.2) is 46.9 Å². The van der Waals surface area contributed by atoms with Crippen molar-refractivity contribution in [3.63, 3.8) is 0 Å². The summed E-state index contributed by atoms with van der Waals surface area (Å²) < 4.78 is 12.2. The third-order valence-corrected chi connectivity index (χ3v) is 4.24. The lowest BCUT2D eigenvalue weighted by atomic mass is 10.2. The van der Waals surface area contributed by atoms with E-state index in [0.717, 1.165) is 15.9 Å². The van der Waals surface area contributed by atoms with Crippen LogP contribution in [-0.2, 0) is 11.3 Å². The van der Waals surface area contributed by atoms with E-state index in [1.807, 2.05) is 45.2 Å². The molecule has 0 heterocycles. The molecule has 2 N–H and O–H groups in total. The summed E-state index contributed by atoms with van der Waals surface area (Å²) in [6.07, 6.45) is 0. The molecule has 0 aliphatic rings. The quantitative estimate of drug-likeness (QED) is 0.654. The predicted molar refractivity (Wildman–Crippen MR) is 107 cm³/mol. The number of halogens is 1. The average Bonchev–Trinajstić information content (AvgIpc) is 2.59. The van der Waals surface area contributed by atoms with Gasteiger partial charge in [-0.3, -0.25) is 4.79 Å². The van der Waals surface area contributed by atoms with E-state index in [9.17, 15) is 4.79 Å². The van der Waals surface area contributed by atoms with Gasteiger partial charge >= 0.3 is 0 Å². The van der Waals surface area contributed by atoms with Gasteiger partial charge in [0.25, 0.3) is 5.91 Å². The number of nitrogens with one attached hydrogen (secondary N) is 2. The fraction of sp³-hybridized carbons (Fsp3) is 0.350. The molecule has 0 fully saturated rings. The van der Waals surface area contributed by atoms with Crippen molar-refractivity contribution >= 4 is 27.5 Å². The maximum atomic E-state index is 12.3. The Bertz CT molecular complexity index is 719. The van der Waals surface area contributed by atoms with E-state index in [1.54, 1.807) is 6.07 Å². The molecule has 2 rings (SSSR count). The van der Waals surface area contributed by atoms with Gasteiger partial charge in [0.05, 0.1) is 20.3 Å². The van der Waals surface area contributed by atoms with Crippen molar-refractivity contribution in [2.75, 3.05) is 32.1 Å². The molecule has 140 valence electrons. The summed E-state index contributed by atoms with van der Waals surface area (Å²) in [7, 11) is 2.01. The molecule has 0 radical (unpaired) electrons. The first kappa shape index (κ1) is 20.3. The van der Waals surface area contributed by atoms with Gasteiger partial charge in [-0.15, -0.1) is 0 Å². The number of amides is 1. The second kappa shape index (κ2) is 10.2. The number of anilines is 1. The first-order chi connectivity index (χ1) is 12.5. The van der Waals surface area contributed by atoms with Crippen LogP contribution >= 0.6 is 15.9 Å². The number of quaternary nitrogens is 1. The Morgan fingerprint density at radius 3 is 2.35 bits per heavy atom. The number of rotatable bonds is 9. The Labute approximate surface area is 163 Å². The number of ether oxygens (including phenoxy) is 2. The van der Waals surface area contributed by atoms with Crippen LogP contribution in [0.2, 0.25) is 0 Å². The normalized spacial score (nSPS) is 11.7. The van der Waals surface area contributed by atoms with Crippen LogP contribution in [0.1, 0.15) is 19.4 Å². The van der Waals surface area contributed by atoms with Gasteiger partial charge in [-0.25, -0.2) is 0 Å². The summed E-state index contributed by atoms with van der Waals surface area (Å²) in [5, 5.41) is 2.93. The second-order valence-electron chi connectivity index (χ2n) is 6.01. The maximum Gasteiger partial charge on any atom is 0.279 e. The molecule has 1 amide bonds. The molecule has 1 atom stereocenters. The van der Waals surface area contributed by atoms with E-state index in [2.05, 4.69) is 33.4 Å². The van der Waals surface area contributed by atoms with Gasteiger partial charge in [0.1, 0.15) is 6.54 Å². The molecule has 2 aromatic carbocycles. The lowest BCUT2D eigenvalue weighted by molar-refractivity contribution is -0.885. The van der Waals surface area contributed by atoms with Crippen LogP contribution < -0.4 is 19.7 Å². The topological polar surface area (TPSA) is 52.0 Å². The zero-order valence-corrected chi connectivity index (χ0v) is 17.1. The maximum absolute atomic E-state index is 12.3. The van der Waals surface area contributed by atoms with E-state index >= 15 is 0 Å². The lowest BCUT2D eigenvalue weighted by Gasteiger charge is -2.15. The van der Waals surface area contributed by atoms with Crippen molar-refractivity contribution in [3.05, 3.63) is 52.5 Å². The average molecular weight is 422 g/mol. The van der Waals surface area contributed by atoms with Crippen LogP contribution in [0, 0.1) is 0 Å². The Morgan fingerprint density at radius 1 is 1.04 bits per heavy atom. The van der Waals surface area contributed by atoms with Crippen LogP contribution in [0.25, 0.3) is 0 Å². The van der Waals surface area contributed by atoms with Gasteiger partial charge < -0.3 is 19.7 Å². The summed E-state index contributed by atoms with van der Waals surface area (Å²) in [5.41, 5.74) is 1.90. The molecular weight excluding hydrogens is 396 g/mol. The highest BCUT2D eigenvalue weighted by atomic mass is 79.9. The van der Waals surface area contributed by atoms with Crippen molar-refractivity contribution in [2.24, 2.45) is 0 Å². The highest BCUT2D eigenvalue weighted by molar-refractivity contribution is 9.10. The highest BCUT2D eigenvalue weighted by Crippen LogP contribution is 2.30. The summed E-state index contributed by atoms with van der Waals surface area (Å²) in [4.78, 5) is 13.4. The number of carbonyl (C=O) groups excluding carboxylic acids is 1. The van der Waals surface area contributed by atoms with E-state index in [0.29, 0.717) is 36.9 Å². The molecule has 5 nitrogen and oxygen atoms in total. The van der Waals surface area contributed by atoms with Crippen LogP contribution in [0.5, 0.6) is 11.5 Å². The van der Waals surface area contributed by atoms with E-state index in [-0.39, 0.29) is 5.91 Å². The molecule has 0 aliphatic heterocycles. The molecule has 0 saturated carbocycles. The fourth-order valence-corrected chi connectivity index (χ4v) is 2.89. The van der Waals surface area contributed by atoms with Gasteiger partial charge in [-0.05, 0) is 38.1 Å². The number of hydrogen-bond acceptors (Lipinski definition) is 3. The SMILES string of the molecule is CCOc1ccc(NC(=O)C[NH+](C)Cc2ccc(Br)cc2)cc1OCC. The first-order valence-electron chi connectivity index (χ1n) is 8.77. The highest BCUT2D eigenvalue weighted by Gasteiger charge is 2.13. The first-order valence-corrected chi connectivity index (χ1v) is 9.56. The minimum absolute atomic E-state index is 0.0359. The van der Waals surface area contributed by atoms with E-state index in [4.69, 9.17) is 9.47 Å². The van der Waals surface area contributed by atoms with Gasteiger partial charge in [0, 0.05) is 21.8 Å². The summed E-state index contributed by atoms with van der Waals surface area (Å²) in [5.74, 6) is 1.29. The Kier molecular flexibility index (Phi) is 7.94. The monoisotopic (exact) mass is 421 g/mol. The van der Waals surface area contributed by atoms with Gasteiger partial charge in [-0.1, -0.05) is 28.1 Å². The minimum atomic E-state index is -0.0359. The molecule has 0 spiro atoms. The number of likely N-dealkylation sites (N-methyl/N-ethyl adjacent to an activating group) is 1. The molecule has 2 aromatic rings. The molecule has 0 aromatic heterocycles. The van der Waals surface area contributed by atoms with Gasteiger partial charge in [0.2, 0.25) is 0 Å². The van der Waals surface area contributed by atoms with Gasteiger partial charge in [0.15, 0.2) is 18.0 Å². The van der Waals surface area contributed by atoms with Crippen LogP contribution in [0.4, 0.5) is 5.69 Å². The van der Waals surface area contributed by atoms with E-state index < -0.39 is 0 Å². The third kappa shape index (κ3) is 6.35. The predicted octanol–water partition coefficient (Wildman–Crippen LogP) is 2.90. The summed E-state index contributed by atoms with van der Waals surface area (Å²) in [6.45, 7) is 6.12. The van der Waals surface area contributed by atoms with Gasteiger partial charge in [-0.2, -0.15) is 0 Å². The Hall–Kier alpha value is -2.05. The molecule has 0 saturated heterocycles. The van der Waals surface area contributed by atoms with Crippen molar-refractivity contribution in [2.45, 2.75) is 20.4 Å². The smallest absolute Gasteiger partial charge is 0.279 e. The Balaban J connectivity index is 1.93.